The fourth-order valence-electron chi connectivity index (χ4n) is 2.70. The Labute approximate surface area is 193 Å². The number of nitrogens with zero attached hydrogens (tertiary/aromatic N) is 1. The number of pyridine rings is 1. The fourth-order valence-corrected chi connectivity index (χ4v) is 3.40. The molecule has 1 aromatic heterocycles. The van der Waals surface area contributed by atoms with Crippen LogP contribution < -0.4 is 9.50 Å². The highest BCUT2D eigenvalue weighted by atomic mass is 79.9. The van der Waals surface area contributed by atoms with Gasteiger partial charge in [0.15, 0.2) is 5.75 Å². The molecule has 0 saturated heterocycles. The van der Waals surface area contributed by atoms with E-state index in [1.54, 1.807) is 26.0 Å². The number of hydrogen-bond donors (Lipinski definition) is 1. The van der Waals surface area contributed by atoms with Crippen LogP contribution in [0.4, 0.5) is 12.7 Å². The van der Waals surface area contributed by atoms with Gasteiger partial charge in [-0.15, -0.1) is 0 Å². The quantitative estimate of drug-likeness (QED) is 0.442. The van der Waals surface area contributed by atoms with Crippen molar-refractivity contribution in [3.63, 3.8) is 0 Å². The van der Waals surface area contributed by atoms with Crippen molar-refractivity contribution in [2.45, 2.75) is 52.4 Å². The van der Waals surface area contributed by atoms with Gasteiger partial charge in [0.25, 0.3) is 5.91 Å². The molecule has 1 N–H and O–H groups in total. The molecule has 0 unspecified atom stereocenters. The molecule has 1 aromatic carbocycles. The Morgan fingerprint density at radius 2 is 1.78 bits per heavy atom. The van der Waals surface area contributed by atoms with E-state index in [1.807, 2.05) is 0 Å². The van der Waals surface area contributed by atoms with E-state index in [4.69, 9.17) is 0 Å². The van der Waals surface area contributed by atoms with Gasteiger partial charge in [-0.2, -0.15) is 8.42 Å². The summed E-state index contributed by atoms with van der Waals surface area (Å²) >= 11 is 3.22. The molecule has 0 radical (unpaired) electrons. The van der Waals surface area contributed by atoms with E-state index in [-0.39, 0.29) is 36.1 Å². The summed E-state index contributed by atoms with van der Waals surface area (Å²) in [6.45, 7) is 4.57. The van der Waals surface area contributed by atoms with Crippen LogP contribution in [0.15, 0.2) is 28.9 Å². The van der Waals surface area contributed by atoms with E-state index in [1.165, 1.54) is 13.0 Å². The third kappa shape index (κ3) is 9.51. The molecule has 0 fully saturated rings. The zero-order chi connectivity index (χ0) is 24.5. The lowest BCUT2D eigenvalue weighted by molar-refractivity contribution is -0.116. The molecule has 0 aliphatic heterocycles. The summed E-state index contributed by atoms with van der Waals surface area (Å²) < 4.78 is 63.9. The highest BCUT2D eigenvalue weighted by Crippen LogP contribution is 2.29. The monoisotopic (exact) mass is 540 g/mol. The van der Waals surface area contributed by atoms with Crippen LogP contribution in [0.2, 0.25) is 0 Å². The number of benzene rings is 1. The minimum atomic E-state index is -5.34. The summed E-state index contributed by atoms with van der Waals surface area (Å²) in [4.78, 5) is 27.2. The van der Waals surface area contributed by atoms with Crippen LogP contribution in [-0.4, -0.2) is 37.6 Å². The van der Waals surface area contributed by atoms with Gasteiger partial charge in [-0.05, 0) is 25.1 Å². The number of hydrogen-bond acceptors (Lipinski definition) is 6. The number of nitrogens with one attached hydrogen (secondary N) is 1. The molecule has 1 amide bonds. The van der Waals surface area contributed by atoms with Crippen LogP contribution >= 0.6 is 15.9 Å². The number of halogens is 4. The maximum atomic E-state index is 12.8. The second kappa shape index (κ2) is 12.1. The first kappa shape index (κ1) is 27.8. The summed E-state index contributed by atoms with van der Waals surface area (Å²) in [7, 11) is -5.34. The molecule has 0 atom stereocenters. The molecule has 0 spiro atoms. The maximum absolute atomic E-state index is 12.8. The van der Waals surface area contributed by atoms with Crippen molar-refractivity contribution in [2.24, 2.45) is 0 Å². The Morgan fingerprint density at radius 1 is 1.19 bits per heavy atom. The number of aromatic nitrogens is 1. The third-order valence-corrected chi connectivity index (χ3v) is 4.81. The molecule has 0 aliphatic rings. The number of amides is 1. The Kier molecular flexibility index (Phi) is 10.6. The number of alkyl halides is 2. The van der Waals surface area contributed by atoms with Crippen LogP contribution in [-0.2, 0) is 15.3 Å². The highest BCUT2D eigenvalue weighted by molar-refractivity contribution is 9.10. The van der Waals surface area contributed by atoms with E-state index in [0.717, 1.165) is 6.20 Å². The summed E-state index contributed by atoms with van der Waals surface area (Å²) in [5.74, 6) is -4.06. The Morgan fingerprint density at radius 3 is 2.28 bits per heavy atom. The summed E-state index contributed by atoms with van der Waals surface area (Å²) in [5.41, 5.74) is 0.128. The molecule has 1 heterocycles. The second-order valence-corrected chi connectivity index (χ2v) is 8.74. The van der Waals surface area contributed by atoms with Crippen molar-refractivity contribution in [3.8, 4) is 5.75 Å². The topological polar surface area (TPSA) is 102 Å². The smallest absolute Gasteiger partial charge is 0.356 e. The first-order valence-corrected chi connectivity index (χ1v) is 11.8. The lowest BCUT2D eigenvalue weighted by atomic mass is 10.1. The first-order valence-electron chi connectivity index (χ1n) is 9.67. The molecule has 12 heteroatoms. The van der Waals surface area contributed by atoms with Crippen molar-refractivity contribution in [1.29, 1.82) is 0 Å². The van der Waals surface area contributed by atoms with Gasteiger partial charge in [0.05, 0.1) is 23.8 Å². The van der Waals surface area contributed by atoms with E-state index in [0.29, 0.717) is 22.8 Å². The summed E-state index contributed by atoms with van der Waals surface area (Å²) in [6, 6.07) is 4.75. The first-order chi connectivity index (χ1) is 14.8. The largest absolute Gasteiger partial charge is 0.488 e. The van der Waals surface area contributed by atoms with Crippen molar-refractivity contribution < 1.29 is 34.9 Å². The lowest BCUT2D eigenvalue weighted by Crippen LogP contribution is -2.29. The van der Waals surface area contributed by atoms with Crippen molar-refractivity contribution in [2.75, 3.05) is 6.54 Å². The van der Waals surface area contributed by atoms with Crippen molar-refractivity contribution in [3.05, 3.63) is 34.4 Å². The molecule has 0 bridgehead atoms. The number of fused-ring (bicyclic) bond motifs is 1. The summed E-state index contributed by atoms with van der Waals surface area (Å²) in [5, 5.41) is 2.54. The minimum Gasteiger partial charge on any atom is -0.356 e. The zero-order valence-corrected chi connectivity index (χ0v) is 20.2. The van der Waals surface area contributed by atoms with E-state index in [2.05, 4.69) is 30.4 Å². The van der Waals surface area contributed by atoms with Crippen LogP contribution in [0, 0.1) is 0 Å². The molecule has 2 rings (SSSR count). The zero-order valence-electron chi connectivity index (χ0n) is 17.8. The number of Topliss-reactive ketones (excluding diaryl/α,β-unsaturated/α-hetero) is 1. The van der Waals surface area contributed by atoms with Gasteiger partial charge in [-0.1, -0.05) is 46.5 Å². The van der Waals surface area contributed by atoms with Gasteiger partial charge >= 0.3 is 10.5 Å². The van der Waals surface area contributed by atoms with Crippen molar-refractivity contribution in [1.82, 2.24) is 10.3 Å². The Bertz CT molecular complexity index is 1060. The lowest BCUT2D eigenvalue weighted by Gasteiger charge is -2.12. The van der Waals surface area contributed by atoms with E-state index >= 15 is 0 Å². The molecular weight excluding hydrogens is 517 g/mol. The molecular formula is C20H24BrF3N2O5S. The van der Waals surface area contributed by atoms with E-state index < -0.39 is 28.1 Å². The van der Waals surface area contributed by atoms with Crippen LogP contribution in [0.1, 0.15) is 56.8 Å². The van der Waals surface area contributed by atoms with Gasteiger partial charge in [0.1, 0.15) is 5.78 Å². The van der Waals surface area contributed by atoms with Crippen LogP contribution in [0.25, 0.3) is 10.9 Å². The molecule has 32 heavy (non-hydrogen) atoms. The molecule has 178 valence electrons. The average Bonchev–Trinajstić information content (AvgIpc) is 2.65. The van der Waals surface area contributed by atoms with Crippen molar-refractivity contribution >= 4 is 49.0 Å². The fraction of sp³-hybridized carbons (Fsp3) is 0.450. The summed E-state index contributed by atoms with van der Waals surface area (Å²) in [6.07, 6.45) is 2.16. The predicted octanol–water partition coefficient (Wildman–Crippen LogP) is 5.13. The average molecular weight is 541 g/mol. The predicted molar refractivity (Wildman–Crippen MR) is 118 cm³/mol. The Hall–Kier alpha value is -2.21. The molecule has 0 aliphatic carbocycles. The molecule has 0 saturated carbocycles. The SMILES string of the molecule is CC(=O)CNC(=O)c1c(OS(=O)(=O)F)cnc2ccc(Br)cc12.CCCC(F)(F)CCC. The van der Waals surface area contributed by atoms with Gasteiger partial charge in [-0.3, -0.25) is 14.6 Å². The van der Waals surface area contributed by atoms with E-state index in [9.17, 15) is 30.7 Å². The van der Waals surface area contributed by atoms with Gasteiger partial charge < -0.3 is 9.50 Å². The minimum absolute atomic E-state index is 0.0425. The standard InChI is InChI=1S/C13H10BrFN2O5S.C7H14F2/c1-7(18)5-17-13(19)12-9-4-8(14)2-3-10(9)16-6-11(12)22-23(15,20)21;1-3-5-7(8,9)6-4-2/h2-4,6H,5H2,1H3,(H,17,19);3-6H2,1-2H3. The van der Waals surface area contributed by atoms with Gasteiger partial charge in [0.2, 0.25) is 5.92 Å². The number of carbonyl (C=O) groups excluding carboxylic acids is 2. The normalized spacial score (nSPS) is 11.5. The third-order valence-electron chi connectivity index (χ3n) is 3.94. The van der Waals surface area contributed by atoms with Gasteiger partial charge in [-0.25, -0.2) is 8.78 Å². The van der Waals surface area contributed by atoms with Gasteiger partial charge in [0, 0.05) is 22.7 Å². The maximum Gasteiger partial charge on any atom is 0.488 e. The molecule has 2 aromatic rings. The number of ketones is 1. The number of rotatable bonds is 9. The van der Waals surface area contributed by atoms with Crippen LogP contribution in [0.5, 0.6) is 5.75 Å². The van der Waals surface area contributed by atoms with Crippen LogP contribution in [0.3, 0.4) is 0 Å². The second-order valence-electron chi connectivity index (χ2n) is 6.88. The Balaban J connectivity index is 0.000000482. The molecule has 7 nitrogen and oxygen atoms in total. The number of carbonyl (C=O) groups is 2. The highest BCUT2D eigenvalue weighted by Gasteiger charge is 2.25.